The molecule has 1 N–H and O–H groups in total. The van der Waals surface area contributed by atoms with Gasteiger partial charge >= 0.3 is 5.97 Å². The average molecular weight is 322 g/mol. The van der Waals surface area contributed by atoms with E-state index in [2.05, 4.69) is 10.3 Å². The van der Waals surface area contributed by atoms with Crippen molar-refractivity contribution in [2.45, 2.75) is 6.92 Å². The highest BCUT2D eigenvalue weighted by Gasteiger charge is 2.09. The summed E-state index contributed by atoms with van der Waals surface area (Å²) in [7, 11) is 1.37. The zero-order valence-electron chi connectivity index (χ0n) is 13.6. The van der Waals surface area contributed by atoms with Gasteiger partial charge in [-0.3, -0.25) is 4.98 Å². The molecule has 5 heteroatoms. The number of anilines is 2. The number of ether oxygens (including phenoxy) is 2. The standard InChI is InChI=1S/C19H18N2O3/c1-3-24-17-9-5-8-15-16(10-11-20-18(15)17)21-14-7-4-6-13(12-14)19(22)23-2/h4-12H,3H2,1-2H3,(H,20,21). The van der Waals surface area contributed by atoms with Crippen molar-refractivity contribution in [3.05, 3.63) is 60.3 Å². The molecule has 0 radical (unpaired) electrons. The summed E-state index contributed by atoms with van der Waals surface area (Å²) in [6, 6.07) is 14.9. The van der Waals surface area contributed by atoms with Gasteiger partial charge in [0.2, 0.25) is 0 Å². The van der Waals surface area contributed by atoms with Crippen LogP contribution in [-0.4, -0.2) is 24.7 Å². The van der Waals surface area contributed by atoms with E-state index in [-0.39, 0.29) is 5.97 Å². The molecule has 0 atom stereocenters. The molecule has 24 heavy (non-hydrogen) atoms. The zero-order chi connectivity index (χ0) is 16.9. The lowest BCUT2D eigenvalue weighted by Gasteiger charge is -2.12. The number of para-hydroxylation sites is 1. The van der Waals surface area contributed by atoms with Gasteiger partial charge in [-0.15, -0.1) is 0 Å². The van der Waals surface area contributed by atoms with Crippen molar-refractivity contribution < 1.29 is 14.3 Å². The predicted octanol–water partition coefficient (Wildman–Crippen LogP) is 4.16. The number of pyridine rings is 1. The molecule has 2 aromatic carbocycles. The molecule has 0 amide bonds. The highest BCUT2D eigenvalue weighted by atomic mass is 16.5. The maximum Gasteiger partial charge on any atom is 0.337 e. The summed E-state index contributed by atoms with van der Waals surface area (Å²) in [6.45, 7) is 2.53. The molecule has 3 rings (SSSR count). The smallest absolute Gasteiger partial charge is 0.337 e. The largest absolute Gasteiger partial charge is 0.492 e. The minimum absolute atomic E-state index is 0.364. The first-order valence-corrected chi connectivity index (χ1v) is 7.69. The van der Waals surface area contributed by atoms with Gasteiger partial charge in [0.15, 0.2) is 0 Å². The Morgan fingerprint density at radius 2 is 2.00 bits per heavy atom. The van der Waals surface area contributed by atoms with Gasteiger partial charge in [0.25, 0.3) is 0 Å². The fourth-order valence-corrected chi connectivity index (χ4v) is 2.53. The van der Waals surface area contributed by atoms with Gasteiger partial charge in [0, 0.05) is 23.0 Å². The number of carbonyl (C=O) groups is 1. The third-order valence-corrected chi connectivity index (χ3v) is 3.60. The average Bonchev–Trinajstić information content (AvgIpc) is 2.62. The molecule has 122 valence electrons. The molecule has 0 unspecified atom stereocenters. The number of aromatic nitrogens is 1. The Kier molecular flexibility index (Phi) is 4.61. The van der Waals surface area contributed by atoms with Gasteiger partial charge < -0.3 is 14.8 Å². The number of hydrogen-bond donors (Lipinski definition) is 1. The Labute approximate surface area is 140 Å². The molecule has 0 aliphatic rings. The van der Waals surface area contributed by atoms with E-state index in [9.17, 15) is 4.79 Å². The first-order valence-electron chi connectivity index (χ1n) is 7.69. The Bertz CT molecular complexity index is 877. The quantitative estimate of drug-likeness (QED) is 0.715. The van der Waals surface area contributed by atoms with Crippen molar-refractivity contribution >= 4 is 28.2 Å². The molecular weight excluding hydrogens is 304 g/mol. The van der Waals surface area contributed by atoms with E-state index >= 15 is 0 Å². The Balaban J connectivity index is 1.99. The molecular formula is C19H18N2O3. The van der Waals surface area contributed by atoms with Crippen LogP contribution in [0, 0.1) is 0 Å². The highest BCUT2D eigenvalue weighted by Crippen LogP contribution is 2.30. The molecule has 1 aromatic heterocycles. The summed E-state index contributed by atoms with van der Waals surface area (Å²) in [5.41, 5.74) is 2.99. The fraction of sp³-hybridized carbons (Fsp3) is 0.158. The van der Waals surface area contributed by atoms with Crippen LogP contribution in [0.2, 0.25) is 0 Å². The highest BCUT2D eigenvalue weighted by molar-refractivity contribution is 5.96. The number of carbonyl (C=O) groups excluding carboxylic acids is 1. The molecule has 3 aromatic rings. The van der Waals surface area contributed by atoms with Crippen LogP contribution in [-0.2, 0) is 4.74 Å². The number of esters is 1. The minimum Gasteiger partial charge on any atom is -0.492 e. The Hall–Kier alpha value is -3.08. The molecule has 0 aliphatic heterocycles. The van der Waals surface area contributed by atoms with Crippen LogP contribution in [0.3, 0.4) is 0 Å². The lowest BCUT2D eigenvalue weighted by Crippen LogP contribution is -2.02. The summed E-state index contributed by atoms with van der Waals surface area (Å²) in [4.78, 5) is 16.1. The molecule has 0 aliphatic carbocycles. The van der Waals surface area contributed by atoms with E-state index in [1.807, 2.05) is 43.3 Å². The van der Waals surface area contributed by atoms with Crippen LogP contribution in [0.25, 0.3) is 10.9 Å². The zero-order valence-corrected chi connectivity index (χ0v) is 13.6. The topological polar surface area (TPSA) is 60.5 Å². The monoisotopic (exact) mass is 322 g/mol. The molecule has 0 saturated heterocycles. The number of nitrogens with zero attached hydrogens (tertiary/aromatic N) is 1. The van der Waals surface area contributed by atoms with Gasteiger partial charge in [0.1, 0.15) is 11.3 Å². The SMILES string of the molecule is CCOc1cccc2c(Nc3cccc(C(=O)OC)c3)ccnc12. The van der Waals surface area contributed by atoms with E-state index in [0.717, 1.165) is 28.0 Å². The second-order valence-corrected chi connectivity index (χ2v) is 5.14. The third kappa shape index (κ3) is 3.15. The molecule has 0 saturated carbocycles. The summed E-state index contributed by atoms with van der Waals surface area (Å²) in [5, 5.41) is 4.28. The first-order chi connectivity index (χ1) is 11.7. The van der Waals surface area contributed by atoms with E-state index in [1.165, 1.54) is 7.11 Å². The third-order valence-electron chi connectivity index (χ3n) is 3.60. The number of hydrogen-bond acceptors (Lipinski definition) is 5. The van der Waals surface area contributed by atoms with Crippen molar-refractivity contribution in [1.82, 2.24) is 4.98 Å². The molecule has 0 bridgehead atoms. The van der Waals surface area contributed by atoms with E-state index < -0.39 is 0 Å². The van der Waals surface area contributed by atoms with E-state index in [4.69, 9.17) is 9.47 Å². The Morgan fingerprint density at radius 3 is 2.79 bits per heavy atom. The van der Waals surface area contributed by atoms with E-state index in [1.54, 1.807) is 18.3 Å². The summed E-state index contributed by atoms with van der Waals surface area (Å²) in [5.74, 6) is 0.388. The van der Waals surface area contributed by atoms with Gasteiger partial charge in [0.05, 0.1) is 19.3 Å². The first kappa shape index (κ1) is 15.8. The molecule has 5 nitrogen and oxygen atoms in total. The van der Waals surface area contributed by atoms with Gasteiger partial charge in [-0.25, -0.2) is 4.79 Å². The lowest BCUT2D eigenvalue weighted by molar-refractivity contribution is 0.0601. The number of benzene rings is 2. The summed E-state index contributed by atoms with van der Waals surface area (Å²) in [6.07, 6.45) is 1.73. The minimum atomic E-state index is -0.364. The van der Waals surface area contributed by atoms with Crippen molar-refractivity contribution in [2.75, 3.05) is 19.0 Å². The molecule has 0 fully saturated rings. The maximum absolute atomic E-state index is 11.7. The van der Waals surface area contributed by atoms with Crippen LogP contribution in [0.15, 0.2) is 54.7 Å². The summed E-state index contributed by atoms with van der Waals surface area (Å²) >= 11 is 0. The van der Waals surface area contributed by atoms with Crippen LogP contribution < -0.4 is 10.1 Å². The fourth-order valence-electron chi connectivity index (χ4n) is 2.53. The van der Waals surface area contributed by atoms with Gasteiger partial charge in [-0.1, -0.05) is 18.2 Å². The van der Waals surface area contributed by atoms with Crippen LogP contribution in [0.5, 0.6) is 5.75 Å². The Morgan fingerprint density at radius 1 is 1.17 bits per heavy atom. The normalized spacial score (nSPS) is 10.4. The van der Waals surface area contributed by atoms with Crippen LogP contribution >= 0.6 is 0 Å². The predicted molar refractivity (Wildman–Crippen MR) is 94.0 cm³/mol. The second-order valence-electron chi connectivity index (χ2n) is 5.14. The number of methoxy groups -OCH3 is 1. The van der Waals surface area contributed by atoms with Crippen molar-refractivity contribution in [1.29, 1.82) is 0 Å². The van der Waals surface area contributed by atoms with Gasteiger partial charge in [-0.05, 0) is 37.3 Å². The number of fused-ring (bicyclic) bond motifs is 1. The maximum atomic E-state index is 11.7. The van der Waals surface area contributed by atoms with Crippen molar-refractivity contribution in [2.24, 2.45) is 0 Å². The van der Waals surface area contributed by atoms with Gasteiger partial charge in [-0.2, -0.15) is 0 Å². The van der Waals surface area contributed by atoms with Crippen LogP contribution in [0.4, 0.5) is 11.4 Å². The number of rotatable bonds is 5. The van der Waals surface area contributed by atoms with Crippen molar-refractivity contribution in [3.63, 3.8) is 0 Å². The second kappa shape index (κ2) is 7.00. The van der Waals surface area contributed by atoms with E-state index in [0.29, 0.717) is 12.2 Å². The van der Waals surface area contributed by atoms with Crippen molar-refractivity contribution in [3.8, 4) is 5.75 Å². The summed E-state index contributed by atoms with van der Waals surface area (Å²) < 4.78 is 10.4. The molecule has 1 heterocycles. The number of nitrogens with one attached hydrogen (secondary N) is 1. The lowest BCUT2D eigenvalue weighted by atomic mass is 10.1. The van der Waals surface area contributed by atoms with Crippen LogP contribution in [0.1, 0.15) is 17.3 Å². The molecule has 0 spiro atoms.